The molecular formula is C19H12Cl2N2O3S. The molecule has 2 aromatic carbocycles. The minimum atomic E-state index is 0.0574. The molecule has 0 aliphatic rings. The van der Waals surface area contributed by atoms with Crippen molar-refractivity contribution in [3.63, 3.8) is 0 Å². The average Bonchev–Trinajstić information content (AvgIpc) is 3.18. The van der Waals surface area contributed by atoms with Crippen LogP contribution in [0.4, 0.5) is 0 Å². The molecule has 1 N–H and O–H groups in total. The standard InChI is InChI=1S/C19H12Cl2N2O3S/c1-25-16-4-2-3-11-7-12(18(23-24)26-17(11)16)19-22-15(9-27-19)10-5-6-13(20)14(21)8-10/h2-9,24H,1H3. The molecule has 0 amide bonds. The number of halogens is 2. The fourth-order valence-corrected chi connectivity index (χ4v) is 3.83. The van der Waals surface area contributed by atoms with Gasteiger partial charge in [0, 0.05) is 16.3 Å². The van der Waals surface area contributed by atoms with Crippen LogP contribution in [0.25, 0.3) is 32.8 Å². The van der Waals surface area contributed by atoms with Gasteiger partial charge in [-0.2, -0.15) is 0 Å². The van der Waals surface area contributed by atoms with Crippen molar-refractivity contribution in [3.8, 4) is 27.6 Å². The predicted molar refractivity (Wildman–Crippen MR) is 107 cm³/mol. The average molecular weight is 419 g/mol. The molecule has 0 atom stereocenters. The molecule has 2 aromatic heterocycles. The molecule has 0 unspecified atom stereocenters. The summed E-state index contributed by atoms with van der Waals surface area (Å²) in [6.07, 6.45) is 0. The number of thiazole rings is 1. The quantitative estimate of drug-likeness (QED) is 0.335. The van der Waals surface area contributed by atoms with Gasteiger partial charge in [-0.15, -0.1) is 11.3 Å². The molecule has 0 aliphatic carbocycles. The van der Waals surface area contributed by atoms with Crippen molar-refractivity contribution in [1.82, 2.24) is 4.98 Å². The van der Waals surface area contributed by atoms with Crippen LogP contribution in [0.15, 0.2) is 57.4 Å². The minimum Gasteiger partial charge on any atom is -0.493 e. The van der Waals surface area contributed by atoms with Crippen molar-refractivity contribution < 1.29 is 14.4 Å². The SMILES string of the molecule is COc1cccc2cc(-c3nc(-c4ccc(Cl)c(Cl)c4)cs3)c(=NO)oc12. The Balaban J connectivity index is 1.85. The molecule has 8 heteroatoms. The van der Waals surface area contributed by atoms with E-state index in [1.807, 2.05) is 29.6 Å². The summed E-state index contributed by atoms with van der Waals surface area (Å²) in [5.41, 5.74) is 2.71. The zero-order valence-corrected chi connectivity index (χ0v) is 16.3. The van der Waals surface area contributed by atoms with Crippen molar-refractivity contribution in [2.75, 3.05) is 7.11 Å². The van der Waals surface area contributed by atoms with Crippen LogP contribution in [-0.2, 0) is 0 Å². The van der Waals surface area contributed by atoms with Gasteiger partial charge in [-0.1, -0.05) is 41.4 Å². The van der Waals surface area contributed by atoms with E-state index >= 15 is 0 Å². The summed E-state index contributed by atoms with van der Waals surface area (Å²) in [5, 5.41) is 17.0. The van der Waals surface area contributed by atoms with Crippen LogP contribution in [-0.4, -0.2) is 17.3 Å². The molecule has 2 heterocycles. The molecule has 0 aliphatic heterocycles. The number of hydrogen-bond donors (Lipinski definition) is 1. The molecule has 27 heavy (non-hydrogen) atoms. The first kappa shape index (κ1) is 17.9. The Kier molecular flexibility index (Phi) is 4.78. The number of nitrogens with zero attached hydrogens (tertiary/aromatic N) is 2. The topological polar surface area (TPSA) is 67.9 Å². The second kappa shape index (κ2) is 7.23. The normalized spacial score (nSPS) is 11.9. The largest absolute Gasteiger partial charge is 0.493 e. The number of aromatic nitrogens is 1. The van der Waals surface area contributed by atoms with Gasteiger partial charge in [0.1, 0.15) is 5.01 Å². The third-order valence-corrected chi connectivity index (χ3v) is 5.61. The van der Waals surface area contributed by atoms with Gasteiger partial charge < -0.3 is 14.4 Å². The van der Waals surface area contributed by atoms with Gasteiger partial charge >= 0.3 is 0 Å². The first-order valence-corrected chi connectivity index (χ1v) is 9.44. The van der Waals surface area contributed by atoms with E-state index < -0.39 is 0 Å². The first-order valence-electron chi connectivity index (χ1n) is 7.81. The molecular weight excluding hydrogens is 407 g/mol. The Labute approximate surface area is 168 Å². The van der Waals surface area contributed by atoms with Crippen molar-refractivity contribution >= 4 is 45.5 Å². The Bertz CT molecular complexity index is 1220. The van der Waals surface area contributed by atoms with Crippen molar-refractivity contribution in [2.24, 2.45) is 5.16 Å². The number of benzene rings is 2. The van der Waals surface area contributed by atoms with Crippen LogP contribution in [0.1, 0.15) is 0 Å². The van der Waals surface area contributed by atoms with Crippen LogP contribution in [0.5, 0.6) is 5.75 Å². The molecule has 4 aromatic rings. The molecule has 0 saturated carbocycles. The van der Waals surface area contributed by atoms with E-state index in [9.17, 15) is 5.21 Å². The van der Waals surface area contributed by atoms with Crippen molar-refractivity contribution in [3.05, 3.63) is 63.4 Å². The number of hydrogen-bond acceptors (Lipinski definition) is 6. The Hall–Kier alpha value is -2.54. The summed E-state index contributed by atoms with van der Waals surface area (Å²) in [4.78, 5) is 4.63. The third kappa shape index (κ3) is 3.27. The second-order valence-electron chi connectivity index (χ2n) is 5.61. The van der Waals surface area contributed by atoms with E-state index in [4.69, 9.17) is 32.4 Å². The predicted octanol–water partition coefficient (Wildman–Crippen LogP) is 5.83. The van der Waals surface area contributed by atoms with Crippen LogP contribution in [0, 0.1) is 0 Å². The van der Waals surface area contributed by atoms with Gasteiger partial charge in [0.2, 0.25) is 0 Å². The summed E-state index contributed by atoms with van der Waals surface area (Å²) >= 11 is 13.5. The molecule has 136 valence electrons. The Morgan fingerprint density at radius 2 is 2.00 bits per heavy atom. The molecule has 0 fully saturated rings. The van der Waals surface area contributed by atoms with Crippen LogP contribution in [0.3, 0.4) is 0 Å². The van der Waals surface area contributed by atoms with Crippen molar-refractivity contribution in [1.29, 1.82) is 0 Å². The minimum absolute atomic E-state index is 0.0574. The van der Waals surface area contributed by atoms with Gasteiger partial charge in [0.05, 0.1) is 28.4 Å². The molecule has 0 bridgehead atoms. The highest BCUT2D eigenvalue weighted by Gasteiger charge is 2.14. The first-order chi connectivity index (χ1) is 13.1. The fraction of sp³-hybridized carbons (Fsp3) is 0.0526. The molecule has 0 saturated heterocycles. The zero-order chi connectivity index (χ0) is 19.0. The molecule has 4 rings (SSSR count). The highest BCUT2D eigenvalue weighted by molar-refractivity contribution is 7.13. The van der Waals surface area contributed by atoms with Gasteiger partial charge in [-0.25, -0.2) is 4.98 Å². The van der Waals surface area contributed by atoms with E-state index in [1.165, 1.54) is 11.3 Å². The third-order valence-electron chi connectivity index (χ3n) is 4.00. The van der Waals surface area contributed by atoms with Crippen LogP contribution < -0.4 is 10.3 Å². The number of fused-ring (bicyclic) bond motifs is 1. The van der Waals surface area contributed by atoms with Gasteiger partial charge in [0.25, 0.3) is 5.55 Å². The summed E-state index contributed by atoms with van der Waals surface area (Å²) in [7, 11) is 1.55. The molecule has 0 radical (unpaired) electrons. The fourth-order valence-electron chi connectivity index (χ4n) is 2.70. The van der Waals surface area contributed by atoms with Crippen LogP contribution in [0.2, 0.25) is 10.0 Å². The lowest BCUT2D eigenvalue weighted by atomic mass is 10.1. The Morgan fingerprint density at radius 3 is 2.74 bits per heavy atom. The molecule has 5 nitrogen and oxygen atoms in total. The lowest BCUT2D eigenvalue weighted by Crippen LogP contribution is -2.06. The van der Waals surface area contributed by atoms with Gasteiger partial charge in [0.15, 0.2) is 11.3 Å². The van der Waals surface area contributed by atoms with E-state index in [0.717, 1.165) is 16.6 Å². The summed E-state index contributed by atoms with van der Waals surface area (Å²) in [5.74, 6) is 0.555. The van der Waals surface area contributed by atoms with E-state index in [-0.39, 0.29) is 5.55 Å². The summed E-state index contributed by atoms with van der Waals surface area (Å²) in [6.45, 7) is 0. The number of rotatable bonds is 3. The lowest BCUT2D eigenvalue weighted by molar-refractivity contribution is 0.276. The van der Waals surface area contributed by atoms with E-state index in [0.29, 0.717) is 31.9 Å². The monoisotopic (exact) mass is 418 g/mol. The highest BCUT2D eigenvalue weighted by atomic mass is 35.5. The smallest absolute Gasteiger partial charge is 0.266 e. The highest BCUT2D eigenvalue weighted by Crippen LogP contribution is 2.33. The van der Waals surface area contributed by atoms with Crippen molar-refractivity contribution in [2.45, 2.75) is 0 Å². The molecule has 0 spiro atoms. The maximum absolute atomic E-state index is 9.43. The maximum Gasteiger partial charge on any atom is 0.266 e. The number of para-hydroxylation sites is 1. The second-order valence-corrected chi connectivity index (χ2v) is 7.28. The zero-order valence-electron chi connectivity index (χ0n) is 13.9. The summed E-state index contributed by atoms with van der Waals surface area (Å²) < 4.78 is 11.1. The van der Waals surface area contributed by atoms with Gasteiger partial charge in [-0.05, 0) is 29.4 Å². The number of ether oxygens (including phenoxy) is 1. The Morgan fingerprint density at radius 1 is 1.15 bits per heavy atom. The van der Waals surface area contributed by atoms with Crippen LogP contribution >= 0.6 is 34.5 Å². The van der Waals surface area contributed by atoms with Gasteiger partial charge in [-0.3, -0.25) is 0 Å². The maximum atomic E-state index is 9.43. The lowest BCUT2D eigenvalue weighted by Gasteiger charge is -2.05. The summed E-state index contributed by atoms with van der Waals surface area (Å²) in [6, 6.07) is 12.7. The van der Waals surface area contributed by atoms with E-state index in [1.54, 1.807) is 25.3 Å². The van der Waals surface area contributed by atoms with E-state index in [2.05, 4.69) is 10.1 Å². The number of methoxy groups -OCH3 is 1.